The molecule has 71 valence electrons. The number of rotatable bonds is 6. The predicted molar refractivity (Wildman–Crippen MR) is 57.4 cm³/mol. The molecule has 0 amide bonds. The second-order valence-electron chi connectivity index (χ2n) is 3.19. The smallest absolute Gasteiger partial charge is 0.0205 e. The average Bonchev–Trinajstić information content (AvgIpc) is 2.19. The van der Waals surface area contributed by atoms with E-state index in [4.69, 9.17) is 0 Å². The van der Waals surface area contributed by atoms with E-state index in [9.17, 15) is 0 Å². The lowest BCUT2D eigenvalue weighted by Gasteiger charge is -2.03. The molecule has 0 aliphatic rings. The molecule has 0 heterocycles. The third-order valence-corrected chi connectivity index (χ3v) is 1.95. The lowest BCUT2D eigenvalue weighted by Crippen LogP contribution is -2.14. The van der Waals surface area contributed by atoms with Crippen LogP contribution in [0.3, 0.4) is 0 Å². The van der Waals surface area contributed by atoms with Crippen LogP contribution < -0.4 is 5.32 Å². The molecule has 0 unspecified atom stereocenters. The molecule has 0 saturated heterocycles. The van der Waals surface area contributed by atoms with Crippen molar-refractivity contribution in [3.63, 3.8) is 0 Å². The van der Waals surface area contributed by atoms with Gasteiger partial charge in [0.1, 0.15) is 0 Å². The molecule has 1 N–H and O–H groups in total. The maximum absolute atomic E-state index is 3.38. The highest BCUT2D eigenvalue weighted by atomic mass is 14.8. The first-order valence-corrected chi connectivity index (χ1v) is 4.99. The first-order valence-electron chi connectivity index (χ1n) is 4.99. The van der Waals surface area contributed by atoms with Crippen LogP contribution in [0.5, 0.6) is 0 Å². The van der Waals surface area contributed by atoms with Crippen molar-refractivity contribution < 1.29 is 0 Å². The molecule has 0 spiro atoms. The molecular formula is C12H18N. The third kappa shape index (κ3) is 4.69. The summed E-state index contributed by atoms with van der Waals surface area (Å²) in [6.45, 7) is 4.19. The molecular weight excluding hydrogens is 158 g/mol. The van der Waals surface area contributed by atoms with Gasteiger partial charge in [0, 0.05) is 6.54 Å². The Labute approximate surface area is 81.2 Å². The van der Waals surface area contributed by atoms with Crippen molar-refractivity contribution in [2.75, 3.05) is 6.54 Å². The van der Waals surface area contributed by atoms with Crippen LogP contribution in [-0.4, -0.2) is 6.54 Å². The van der Waals surface area contributed by atoms with Gasteiger partial charge in [-0.25, -0.2) is 0 Å². The summed E-state index contributed by atoms with van der Waals surface area (Å²) in [6.07, 6.45) is 4.75. The second-order valence-corrected chi connectivity index (χ2v) is 3.19. The predicted octanol–water partition coefficient (Wildman–Crippen LogP) is 2.78. The Morgan fingerprint density at radius 3 is 2.69 bits per heavy atom. The van der Waals surface area contributed by atoms with Crippen LogP contribution >= 0.6 is 0 Å². The van der Waals surface area contributed by atoms with Gasteiger partial charge < -0.3 is 5.32 Å². The second kappa shape index (κ2) is 6.67. The van der Waals surface area contributed by atoms with E-state index in [0.717, 1.165) is 13.1 Å². The number of hydrogen-bond donors (Lipinski definition) is 1. The van der Waals surface area contributed by atoms with Gasteiger partial charge in [0.05, 0.1) is 0 Å². The largest absolute Gasteiger partial charge is 0.312 e. The van der Waals surface area contributed by atoms with E-state index in [1.165, 1.54) is 18.4 Å². The van der Waals surface area contributed by atoms with Crippen LogP contribution in [0.25, 0.3) is 0 Å². The maximum atomic E-state index is 3.38. The minimum Gasteiger partial charge on any atom is -0.312 e. The van der Waals surface area contributed by atoms with Crippen molar-refractivity contribution >= 4 is 0 Å². The summed E-state index contributed by atoms with van der Waals surface area (Å²) in [7, 11) is 0. The van der Waals surface area contributed by atoms with E-state index < -0.39 is 0 Å². The van der Waals surface area contributed by atoms with Crippen LogP contribution in [-0.2, 0) is 6.54 Å². The summed E-state index contributed by atoms with van der Waals surface area (Å²) >= 11 is 0. The summed E-state index contributed by atoms with van der Waals surface area (Å²) in [5, 5.41) is 3.38. The molecule has 1 heteroatoms. The highest BCUT2D eigenvalue weighted by molar-refractivity contribution is 5.14. The van der Waals surface area contributed by atoms with Gasteiger partial charge in [0.25, 0.3) is 0 Å². The van der Waals surface area contributed by atoms with E-state index in [-0.39, 0.29) is 0 Å². The summed E-state index contributed by atoms with van der Waals surface area (Å²) in [6, 6.07) is 10.5. The van der Waals surface area contributed by atoms with Crippen molar-refractivity contribution in [2.45, 2.75) is 26.3 Å². The van der Waals surface area contributed by atoms with Crippen LogP contribution in [0.4, 0.5) is 0 Å². The van der Waals surface area contributed by atoms with Crippen LogP contribution in [0.2, 0.25) is 0 Å². The topological polar surface area (TPSA) is 12.0 Å². The number of benzene rings is 1. The van der Waals surface area contributed by atoms with Gasteiger partial charge in [-0.15, -0.1) is 0 Å². The zero-order valence-corrected chi connectivity index (χ0v) is 8.29. The minimum atomic E-state index is 0.973. The summed E-state index contributed by atoms with van der Waals surface area (Å²) in [4.78, 5) is 0. The molecule has 1 rings (SSSR count). The van der Waals surface area contributed by atoms with Gasteiger partial charge in [-0.2, -0.15) is 0 Å². The van der Waals surface area contributed by atoms with E-state index in [0.29, 0.717) is 0 Å². The molecule has 1 aromatic rings. The number of hydrogen-bond acceptors (Lipinski definition) is 1. The lowest BCUT2D eigenvalue weighted by atomic mass is 10.2. The van der Waals surface area contributed by atoms with Gasteiger partial charge in [-0.3, -0.25) is 0 Å². The molecule has 0 saturated carbocycles. The average molecular weight is 176 g/mol. The van der Waals surface area contributed by atoms with Crippen LogP contribution in [0.15, 0.2) is 30.3 Å². The third-order valence-electron chi connectivity index (χ3n) is 1.95. The van der Waals surface area contributed by atoms with Gasteiger partial charge >= 0.3 is 0 Å². The van der Waals surface area contributed by atoms with Gasteiger partial charge in [0.15, 0.2) is 0 Å². The molecule has 0 fully saturated rings. The number of unbranched alkanes of at least 4 members (excludes halogenated alkanes) is 2. The summed E-state index contributed by atoms with van der Waals surface area (Å²) < 4.78 is 0. The van der Waals surface area contributed by atoms with Crippen molar-refractivity contribution in [1.29, 1.82) is 0 Å². The first kappa shape index (κ1) is 10.3. The normalized spacial score (nSPS) is 10.2. The first-order chi connectivity index (χ1) is 6.43. The Balaban J connectivity index is 2.07. The van der Waals surface area contributed by atoms with Crippen molar-refractivity contribution in [3.8, 4) is 0 Å². The van der Waals surface area contributed by atoms with Gasteiger partial charge in [-0.05, 0) is 24.9 Å². The van der Waals surface area contributed by atoms with Gasteiger partial charge in [0.2, 0.25) is 0 Å². The Morgan fingerprint density at radius 1 is 1.23 bits per heavy atom. The van der Waals surface area contributed by atoms with E-state index >= 15 is 0 Å². The fourth-order valence-electron chi connectivity index (χ4n) is 1.22. The molecule has 1 nitrogen and oxygen atoms in total. The van der Waals surface area contributed by atoms with Crippen molar-refractivity contribution in [1.82, 2.24) is 5.32 Å². The molecule has 1 radical (unpaired) electrons. The minimum absolute atomic E-state index is 0.973. The molecule has 0 aliphatic heterocycles. The fourth-order valence-corrected chi connectivity index (χ4v) is 1.22. The lowest BCUT2D eigenvalue weighted by molar-refractivity contribution is 0.707. The number of nitrogens with one attached hydrogen (secondary N) is 1. The van der Waals surface area contributed by atoms with Crippen molar-refractivity contribution in [2.24, 2.45) is 0 Å². The molecule has 1 aromatic carbocycles. The summed E-state index contributed by atoms with van der Waals surface area (Å²) in [5.74, 6) is 0. The van der Waals surface area contributed by atoms with E-state index in [2.05, 4.69) is 42.9 Å². The molecule has 0 aliphatic carbocycles. The van der Waals surface area contributed by atoms with Crippen LogP contribution in [0.1, 0.15) is 25.3 Å². The summed E-state index contributed by atoms with van der Waals surface area (Å²) in [5.41, 5.74) is 1.35. The quantitative estimate of drug-likeness (QED) is 0.657. The highest BCUT2D eigenvalue weighted by Gasteiger charge is 1.90. The van der Waals surface area contributed by atoms with Crippen molar-refractivity contribution in [3.05, 3.63) is 42.3 Å². The fraction of sp³-hybridized carbons (Fsp3) is 0.417. The Kier molecular flexibility index (Phi) is 5.27. The van der Waals surface area contributed by atoms with E-state index in [1.807, 2.05) is 6.07 Å². The zero-order valence-electron chi connectivity index (χ0n) is 8.29. The van der Waals surface area contributed by atoms with E-state index in [1.54, 1.807) is 0 Å². The Hall–Kier alpha value is -0.820. The monoisotopic (exact) mass is 176 g/mol. The van der Waals surface area contributed by atoms with Gasteiger partial charge in [-0.1, -0.05) is 43.7 Å². The Morgan fingerprint density at radius 2 is 2.00 bits per heavy atom. The standard InChI is InChI=1S/C12H18N/c1-2-3-7-10-13-11-12-8-5-4-6-9-12/h4-9,13H,2-3,10-11H2,1H3. The molecule has 0 aromatic heterocycles. The SMILES string of the molecule is CCC[CH]CNCc1ccccc1. The maximum Gasteiger partial charge on any atom is 0.0205 e. The Bertz CT molecular complexity index is 206. The zero-order chi connectivity index (χ0) is 9.36. The van der Waals surface area contributed by atoms with Crippen LogP contribution in [0, 0.1) is 6.42 Å². The molecule has 13 heavy (non-hydrogen) atoms. The molecule has 0 atom stereocenters. The molecule has 0 bridgehead atoms. The highest BCUT2D eigenvalue weighted by Crippen LogP contribution is 1.97.